The van der Waals surface area contributed by atoms with Crippen LogP contribution in [0.15, 0.2) is 4.99 Å². The summed E-state index contributed by atoms with van der Waals surface area (Å²) in [5.74, 6) is 0.622. The zero-order chi connectivity index (χ0) is 6.53. The van der Waals surface area contributed by atoms with Gasteiger partial charge in [0.2, 0.25) is 0 Å². The van der Waals surface area contributed by atoms with Crippen LogP contribution in [0.25, 0.3) is 0 Å². The van der Waals surface area contributed by atoms with E-state index in [-0.39, 0.29) is 32.7 Å². The van der Waals surface area contributed by atoms with Gasteiger partial charge in [-0.15, -0.1) is 0 Å². The van der Waals surface area contributed by atoms with Gasteiger partial charge in [0.15, 0.2) is 0 Å². The number of aliphatic imine (C=N–C) groups is 1. The molecule has 0 heterocycles. The van der Waals surface area contributed by atoms with Gasteiger partial charge in [-0.1, -0.05) is 19.3 Å². The molecule has 1 rings (SSSR count). The molecule has 1 unspecified atom stereocenters. The second-order valence-corrected chi connectivity index (χ2v) is 2.52. The Hall–Kier alpha value is 0.644. The SMILES string of the molecule is [CH2-]N=CC1[CH-]CCCC1.[Y]. The maximum absolute atomic E-state index is 3.75. The summed E-state index contributed by atoms with van der Waals surface area (Å²) in [7, 11) is 3.43. The van der Waals surface area contributed by atoms with E-state index in [9.17, 15) is 0 Å². The fraction of sp³-hybridized carbons (Fsp3) is 0.625. The minimum Gasteiger partial charge on any atom is -0.463 e. The Balaban J connectivity index is 0.000000810. The van der Waals surface area contributed by atoms with E-state index in [0.717, 1.165) is 0 Å². The van der Waals surface area contributed by atoms with Crippen molar-refractivity contribution in [2.24, 2.45) is 10.9 Å². The molecule has 1 radical (unpaired) electrons. The molecule has 0 spiro atoms. The van der Waals surface area contributed by atoms with Crippen LogP contribution >= 0.6 is 0 Å². The van der Waals surface area contributed by atoms with Crippen molar-refractivity contribution in [3.63, 3.8) is 0 Å². The summed E-state index contributed by atoms with van der Waals surface area (Å²) < 4.78 is 0. The topological polar surface area (TPSA) is 12.4 Å². The van der Waals surface area contributed by atoms with Crippen LogP contribution in [0.1, 0.15) is 25.7 Å². The van der Waals surface area contributed by atoms with Gasteiger partial charge in [-0.25, -0.2) is 5.92 Å². The zero-order valence-corrected chi connectivity index (χ0v) is 9.13. The average molecular weight is 212 g/mol. The van der Waals surface area contributed by atoms with Crippen LogP contribution in [0.4, 0.5) is 0 Å². The van der Waals surface area contributed by atoms with Crippen LogP contribution in [0, 0.1) is 19.4 Å². The van der Waals surface area contributed by atoms with Crippen LogP contribution in [0.2, 0.25) is 0 Å². The molecular weight excluding hydrogens is 199 g/mol. The van der Waals surface area contributed by atoms with E-state index in [1.165, 1.54) is 25.7 Å². The molecular formula is C8H13NY-2. The Bertz CT molecular complexity index is 95.4. The Morgan fingerprint density at radius 2 is 2.30 bits per heavy atom. The monoisotopic (exact) mass is 212 g/mol. The molecule has 0 saturated heterocycles. The van der Waals surface area contributed by atoms with Gasteiger partial charge in [0.05, 0.1) is 0 Å². The molecule has 0 aromatic rings. The molecule has 1 nitrogen and oxygen atoms in total. The summed E-state index contributed by atoms with van der Waals surface area (Å²) in [4.78, 5) is 3.75. The Morgan fingerprint density at radius 3 is 2.80 bits per heavy atom. The van der Waals surface area contributed by atoms with E-state index in [4.69, 9.17) is 0 Å². The molecule has 0 N–H and O–H groups in total. The average Bonchev–Trinajstić information content (AvgIpc) is 1.91. The summed E-state index contributed by atoms with van der Waals surface area (Å²) in [5, 5.41) is 0. The summed E-state index contributed by atoms with van der Waals surface area (Å²) in [6.45, 7) is 0. The van der Waals surface area contributed by atoms with Gasteiger partial charge in [-0.3, -0.25) is 0 Å². The fourth-order valence-corrected chi connectivity index (χ4v) is 1.24. The third kappa shape index (κ3) is 3.73. The number of nitrogens with zero attached hydrogens (tertiary/aromatic N) is 1. The molecule has 0 aliphatic heterocycles. The van der Waals surface area contributed by atoms with Gasteiger partial charge in [0.25, 0.3) is 0 Å². The molecule has 2 heteroatoms. The third-order valence-electron chi connectivity index (χ3n) is 1.76. The van der Waals surface area contributed by atoms with E-state index < -0.39 is 0 Å². The van der Waals surface area contributed by atoms with E-state index >= 15 is 0 Å². The molecule has 55 valence electrons. The smallest absolute Gasteiger partial charge is 0 e. The summed E-state index contributed by atoms with van der Waals surface area (Å²) in [5.41, 5.74) is 0. The van der Waals surface area contributed by atoms with Crippen molar-refractivity contribution < 1.29 is 32.7 Å². The van der Waals surface area contributed by atoms with Crippen molar-refractivity contribution in [1.29, 1.82) is 0 Å². The quantitative estimate of drug-likeness (QED) is 0.467. The molecule has 1 saturated carbocycles. The Labute approximate surface area is 88.6 Å². The fourth-order valence-electron chi connectivity index (χ4n) is 1.24. The first-order chi connectivity index (χ1) is 4.43. The number of rotatable bonds is 1. The normalized spacial score (nSPS) is 26.2. The maximum Gasteiger partial charge on any atom is 0 e. The van der Waals surface area contributed by atoms with Gasteiger partial charge in [0.1, 0.15) is 0 Å². The summed E-state index contributed by atoms with van der Waals surface area (Å²) >= 11 is 0. The molecule has 1 fully saturated rings. The van der Waals surface area contributed by atoms with Gasteiger partial charge in [0, 0.05) is 32.7 Å². The van der Waals surface area contributed by atoms with Crippen molar-refractivity contribution in [3.8, 4) is 0 Å². The summed E-state index contributed by atoms with van der Waals surface area (Å²) in [6.07, 6.45) is 9.53. The summed E-state index contributed by atoms with van der Waals surface area (Å²) in [6, 6.07) is 0. The molecule has 0 bridgehead atoms. The standard InChI is InChI=1S/C8H13N.Y/c1-9-7-8-5-3-2-4-6-8;/h5,7-8H,1-4,6H2;/q-2;. The Kier molecular flexibility index (Phi) is 6.77. The number of hydrogen-bond acceptors (Lipinski definition) is 1. The van der Waals surface area contributed by atoms with E-state index in [1.54, 1.807) is 0 Å². The maximum atomic E-state index is 3.75. The minimum absolute atomic E-state index is 0. The zero-order valence-electron chi connectivity index (χ0n) is 6.29. The second kappa shape index (κ2) is 6.36. The predicted molar refractivity (Wildman–Crippen MR) is 40.1 cm³/mol. The molecule has 0 amide bonds. The van der Waals surface area contributed by atoms with Crippen LogP contribution in [0.5, 0.6) is 0 Å². The van der Waals surface area contributed by atoms with Gasteiger partial charge in [-0.2, -0.15) is 19.7 Å². The number of hydrogen-bond donors (Lipinski definition) is 0. The van der Waals surface area contributed by atoms with Gasteiger partial charge < -0.3 is 11.4 Å². The van der Waals surface area contributed by atoms with Gasteiger partial charge >= 0.3 is 0 Å². The largest absolute Gasteiger partial charge is 0.463 e. The minimum atomic E-state index is 0. The van der Waals surface area contributed by atoms with Crippen LogP contribution in [0.3, 0.4) is 0 Å². The van der Waals surface area contributed by atoms with Crippen molar-refractivity contribution in [3.05, 3.63) is 13.5 Å². The molecule has 1 aliphatic carbocycles. The van der Waals surface area contributed by atoms with E-state index in [1.807, 2.05) is 6.21 Å². The van der Waals surface area contributed by atoms with Crippen molar-refractivity contribution in [2.75, 3.05) is 0 Å². The molecule has 10 heavy (non-hydrogen) atoms. The van der Waals surface area contributed by atoms with Gasteiger partial charge in [-0.05, 0) is 0 Å². The van der Waals surface area contributed by atoms with E-state index in [0.29, 0.717) is 5.92 Å². The third-order valence-corrected chi connectivity index (χ3v) is 1.76. The van der Waals surface area contributed by atoms with E-state index in [2.05, 4.69) is 18.5 Å². The first-order valence-electron chi connectivity index (χ1n) is 3.56. The van der Waals surface area contributed by atoms with Crippen molar-refractivity contribution in [2.45, 2.75) is 25.7 Å². The second-order valence-electron chi connectivity index (χ2n) is 2.52. The first-order valence-corrected chi connectivity index (χ1v) is 3.56. The van der Waals surface area contributed by atoms with Crippen molar-refractivity contribution >= 4 is 6.21 Å². The Morgan fingerprint density at radius 1 is 1.50 bits per heavy atom. The molecule has 1 aliphatic rings. The van der Waals surface area contributed by atoms with Crippen LogP contribution in [-0.4, -0.2) is 6.21 Å². The van der Waals surface area contributed by atoms with Crippen LogP contribution in [-0.2, 0) is 32.7 Å². The first kappa shape index (κ1) is 10.6. The molecule has 1 atom stereocenters. The molecule has 0 aromatic carbocycles. The van der Waals surface area contributed by atoms with Crippen LogP contribution < -0.4 is 0 Å². The molecule has 0 aromatic heterocycles. The predicted octanol–water partition coefficient (Wildman–Crippen LogP) is 2.24. The van der Waals surface area contributed by atoms with Crippen molar-refractivity contribution in [1.82, 2.24) is 0 Å².